The van der Waals surface area contributed by atoms with Crippen LogP contribution in [0.15, 0.2) is 18.2 Å². The predicted molar refractivity (Wildman–Crippen MR) is 95.8 cm³/mol. The monoisotopic (exact) mass is 332 g/mol. The third kappa shape index (κ3) is 10.9. The normalized spacial score (nSPS) is 9.95. The minimum Gasteiger partial charge on any atom is -0.492 e. The van der Waals surface area contributed by atoms with Crippen molar-refractivity contribution in [1.82, 2.24) is 0 Å². The zero-order chi connectivity index (χ0) is 15.9. The van der Waals surface area contributed by atoms with Crippen molar-refractivity contribution in [2.45, 2.75) is 59.3 Å². The van der Waals surface area contributed by atoms with E-state index in [0.717, 1.165) is 48.6 Å². The van der Waals surface area contributed by atoms with Crippen molar-refractivity contribution in [3.63, 3.8) is 0 Å². The van der Waals surface area contributed by atoms with E-state index >= 15 is 0 Å². The van der Waals surface area contributed by atoms with Crippen LogP contribution in [0.4, 0.5) is 0 Å². The lowest BCUT2D eigenvalue weighted by Gasteiger charge is -2.08. The molecule has 0 atom stereocenters. The molecule has 1 aromatic carbocycles. The zero-order valence-electron chi connectivity index (χ0n) is 13.5. The Morgan fingerprint density at radius 1 is 1.05 bits per heavy atom. The lowest BCUT2D eigenvalue weighted by Crippen LogP contribution is -1.98. The number of hydrogen-bond donors (Lipinski definition) is 1. The first-order valence-electron chi connectivity index (χ1n) is 7.89. The molecule has 0 saturated heterocycles. The van der Waals surface area contributed by atoms with Crippen LogP contribution in [0.2, 0.25) is 5.02 Å². The highest BCUT2D eigenvalue weighted by atomic mass is 35.5. The number of rotatable bonds is 10. The molecule has 1 N–H and O–H groups in total. The average molecular weight is 333 g/mol. The molecule has 0 aliphatic rings. The van der Waals surface area contributed by atoms with Gasteiger partial charge in [-0.2, -0.15) is 0 Å². The molecule has 21 heavy (non-hydrogen) atoms. The highest BCUT2D eigenvalue weighted by molar-refractivity contribution is 7.93. The fourth-order valence-corrected chi connectivity index (χ4v) is 2.50. The van der Waals surface area contributed by atoms with Crippen LogP contribution < -0.4 is 4.74 Å². The summed E-state index contributed by atoms with van der Waals surface area (Å²) in [4.78, 5) is 0. The second kappa shape index (κ2) is 14.6. The molecule has 0 amide bonds. The van der Waals surface area contributed by atoms with Crippen molar-refractivity contribution >= 4 is 23.6 Å². The van der Waals surface area contributed by atoms with Crippen LogP contribution in [0.5, 0.6) is 5.75 Å². The maximum Gasteiger partial charge on any atom is 0.137 e. The van der Waals surface area contributed by atoms with Crippen LogP contribution in [0.1, 0.15) is 57.9 Å². The van der Waals surface area contributed by atoms with E-state index in [4.69, 9.17) is 20.9 Å². The molecule has 122 valence electrons. The molecule has 0 aliphatic heterocycles. The summed E-state index contributed by atoms with van der Waals surface area (Å²) in [6.45, 7) is 6.75. The van der Waals surface area contributed by atoms with Gasteiger partial charge in [0.25, 0.3) is 0 Å². The van der Waals surface area contributed by atoms with Gasteiger partial charge in [0.1, 0.15) is 5.75 Å². The van der Waals surface area contributed by atoms with Gasteiger partial charge in [0.2, 0.25) is 0 Å². The van der Waals surface area contributed by atoms with Crippen molar-refractivity contribution in [1.29, 1.82) is 0 Å². The lowest BCUT2D eigenvalue weighted by molar-refractivity contribution is 0.304. The van der Waals surface area contributed by atoms with E-state index in [1.54, 1.807) is 0 Å². The second-order valence-corrected chi connectivity index (χ2v) is 5.81. The summed E-state index contributed by atoms with van der Waals surface area (Å²) in [6.07, 6.45) is 7.05. The molecule has 0 bridgehead atoms. The van der Waals surface area contributed by atoms with E-state index in [1.807, 2.05) is 39.0 Å². The third-order valence-corrected chi connectivity index (χ3v) is 3.74. The van der Waals surface area contributed by atoms with Gasteiger partial charge in [0.05, 0.1) is 11.6 Å². The largest absolute Gasteiger partial charge is 0.492 e. The van der Waals surface area contributed by atoms with Gasteiger partial charge in [-0.25, -0.2) is 0 Å². The molecule has 0 unspecified atom stereocenters. The van der Waals surface area contributed by atoms with Crippen LogP contribution in [-0.2, 0) is 0 Å². The van der Waals surface area contributed by atoms with E-state index in [2.05, 4.69) is 0 Å². The quantitative estimate of drug-likeness (QED) is 0.386. The van der Waals surface area contributed by atoms with Crippen molar-refractivity contribution in [3.8, 4) is 5.75 Å². The number of aryl methyl sites for hydroxylation is 1. The molecule has 0 aliphatic carbocycles. The van der Waals surface area contributed by atoms with Gasteiger partial charge in [-0.05, 0) is 49.5 Å². The fraction of sp³-hybridized carbons (Fsp3) is 0.647. The van der Waals surface area contributed by atoms with E-state index < -0.39 is 0 Å². The highest BCUT2D eigenvalue weighted by Crippen LogP contribution is 2.25. The summed E-state index contributed by atoms with van der Waals surface area (Å²) in [6, 6.07) is 5.88. The van der Waals surface area contributed by atoms with Crippen molar-refractivity contribution in [3.05, 3.63) is 28.8 Å². The van der Waals surface area contributed by atoms with E-state index in [-0.39, 0.29) is 0 Å². The van der Waals surface area contributed by atoms with Crippen LogP contribution in [0.3, 0.4) is 0 Å². The smallest absolute Gasteiger partial charge is 0.137 e. The minimum atomic E-state index is 0.696. The number of hydrogen-bond acceptors (Lipinski definition) is 3. The van der Waals surface area contributed by atoms with Crippen LogP contribution in [-0.4, -0.2) is 16.9 Å². The van der Waals surface area contributed by atoms with E-state index in [0.29, 0.717) is 5.02 Å². The first kappa shape index (κ1) is 20.6. The Balaban J connectivity index is 0.00000191. The maximum absolute atomic E-state index is 8.58. The van der Waals surface area contributed by atoms with Gasteiger partial charge >= 0.3 is 0 Å². The predicted octanol–water partition coefficient (Wildman–Crippen LogP) is 6.60. The molecular weight excluding hydrogens is 304 g/mol. The Labute approximate surface area is 139 Å². The van der Waals surface area contributed by atoms with Gasteiger partial charge in [-0.1, -0.05) is 57.2 Å². The summed E-state index contributed by atoms with van der Waals surface area (Å²) in [5.74, 6) is 1.64. The van der Waals surface area contributed by atoms with Gasteiger partial charge in [0, 0.05) is 5.75 Å². The molecule has 0 radical (unpaired) electrons. The fourth-order valence-electron chi connectivity index (χ4n) is 1.88. The Morgan fingerprint density at radius 3 is 2.29 bits per heavy atom. The molecule has 0 aromatic heterocycles. The van der Waals surface area contributed by atoms with Crippen LogP contribution >= 0.6 is 23.6 Å². The number of benzene rings is 1. The van der Waals surface area contributed by atoms with E-state index in [9.17, 15) is 0 Å². The molecule has 1 aromatic rings. The van der Waals surface area contributed by atoms with Crippen LogP contribution in [0, 0.1) is 6.92 Å². The Hall–Kier alpha value is -0.380. The summed E-state index contributed by atoms with van der Waals surface area (Å²) in [5, 5.41) is 0.696. The zero-order valence-corrected chi connectivity index (χ0v) is 15.1. The van der Waals surface area contributed by atoms with Crippen molar-refractivity contribution < 1.29 is 9.29 Å². The van der Waals surface area contributed by atoms with E-state index in [1.165, 1.54) is 25.7 Å². The first-order valence-corrected chi connectivity index (χ1v) is 9.21. The third-order valence-electron chi connectivity index (χ3n) is 2.97. The summed E-state index contributed by atoms with van der Waals surface area (Å²) in [7, 11) is 0. The van der Waals surface area contributed by atoms with Gasteiger partial charge in [-0.3, -0.25) is 0 Å². The summed E-state index contributed by atoms with van der Waals surface area (Å²) >= 11 is 7.03. The maximum atomic E-state index is 8.58. The van der Waals surface area contributed by atoms with Gasteiger partial charge < -0.3 is 9.29 Å². The molecule has 2 nitrogen and oxygen atoms in total. The second-order valence-electron chi connectivity index (χ2n) is 4.74. The van der Waals surface area contributed by atoms with Gasteiger partial charge in [0.15, 0.2) is 0 Å². The Morgan fingerprint density at radius 2 is 1.67 bits per heavy atom. The topological polar surface area (TPSA) is 29.5 Å². The molecule has 0 fully saturated rings. The van der Waals surface area contributed by atoms with Crippen LogP contribution in [0.25, 0.3) is 0 Å². The minimum absolute atomic E-state index is 0.696. The Kier molecular flexibility index (Phi) is 14.3. The molecule has 1 rings (SSSR count). The number of ether oxygens (including phenoxy) is 1. The SMILES string of the molecule is CC.Cc1ccc(OCCCCCCCCSO)c(Cl)c1. The summed E-state index contributed by atoms with van der Waals surface area (Å²) < 4.78 is 14.2. The molecular formula is C17H29ClO2S. The number of unbranched alkanes of at least 4 members (excludes halogenated alkanes) is 5. The average Bonchev–Trinajstić information content (AvgIpc) is 2.49. The highest BCUT2D eigenvalue weighted by Gasteiger charge is 2.01. The lowest BCUT2D eigenvalue weighted by atomic mass is 10.1. The standard InChI is InChI=1S/C15H23ClO2S.C2H6/c1-13-8-9-15(14(16)12-13)18-10-6-4-2-3-5-7-11-19-17;1-2/h8-9,12,17H,2-7,10-11H2,1H3;1-2H3. The molecule has 0 saturated carbocycles. The van der Waals surface area contributed by atoms with Crippen molar-refractivity contribution in [2.24, 2.45) is 0 Å². The summed E-state index contributed by atoms with van der Waals surface area (Å²) in [5.41, 5.74) is 1.15. The first-order chi connectivity index (χ1) is 10.2. The Bertz CT molecular complexity index is 359. The van der Waals surface area contributed by atoms with Gasteiger partial charge in [-0.15, -0.1) is 0 Å². The molecule has 4 heteroatoms. The number of halogens is 1. The molecule has 0 heterocycles. The molecule has 0 spiro atoms. The van der Waals surface area contributed by atoms with Crippen molar-refractivity contribution in [2.75, 3.05) is 12.4 Å².